The van der Waals surface area contributed by atoms with Crippen LogP contribution in [0.1, 0.15) is 11.1 Å². The molecule has 4 rings (SSSR count). The summed E-state index contributed by atoms with van der Waals surface area (Å²) in [6, 6.07) is 19.7. The van der Waals surface area contributed by atoms with Crippen LogP contribution < -0.4 is 0 Å². The molecule has 0 amide bonds. The topological polar surface area (TPSA) is 60.1 Å². The molecule has 1 aliphatic carbocycles. The Balaban J connectivity index is 2.11. The normalized spacial score (nSPS) is 19.1. The fraction of sp³-hybridized carbons (Fsp3) is 0.125. The summed E-state index contributed by atoms with van der Waals surface area (Å²) in [7, 11) is 0. The molecule has 0 unspecified atom stereocenters. The van der Waals surface area contributed by atoms with Crippen molar-refractivity contribution >= 4 is 0 Å². The van der Waals surface area contributed by atoms with Crippen molar-refractivity contribution < 1.29 is 4.74 Å². The van der Waals surface area contributed by atoms with E-state index in [-0.39, 0.29) is 0 Å². The van der Waals surface area contributed by atoms with Gasteiger partial charge in [-0.2, -0.15) is 10.5 Å². The zero-order valence-electron chi connectivity index (χ0n) is 9.92. The maximum Gasteiger partial charge on any atom is 0.280 e. The highest BCUT2D eigenvalue weighted by Crippen LogP contribution is 2.66. The number of hydrogen-bond acceptors (Lipinski definition) is 3. The number of ether oxygens (including phenoxy) is 1. The van der Waals surface area contributed by atoms with Crippen molar-refractivity contribution in [3.8, 4) is 23.3 Å². The average molecular weight is 244 g/mol. The van der Waals surface area contributed by atoms with E-state index in [9.17, 15) is 10.5 Å². The van der Waals surface area contributed by atoms with Crippen LogP contribution in [0.5, 0.6) is 0 Å². The second kappa shape index (κ2) is 3.03. The summed E-state index contributed by atoms with van der Waals surface area (Å²) in [6.07, 6.45) is 0. The lowest BCUT2D eigenvalue weighted by molar-refractivity contribution is 0.328. The molecule has 0 N–H and O–H groups in total. The predicted molar refractivity (Wildman–Crippen MR) is 67.7 cm³/mol. The lowest BCUT2D eigenvalue weighted by Gasteiger charge is -2.07. The summed E-state index contributed by atoms with van der Waals surface area (Å²) >= 11 is 0. The molecule has 2 aliphatic rings. The molecule has 0 bridgehead atoms. The van der Waals surface area contributed by atoms with Crippen molar-refractivity contribution in [2.75, 3.05) is 0 Å². The Labute approximate surface area is 110 Å². The SMILES string of the molecule is N#CC1(C#N)OC12c1ccccc1-c1ccccc12. The van der Waals surface area contributed by atoms with Gasteiger partial charge in [-0.05, 0) is 11.1 Å². The zero-order chi connectivity index (χ0) is 13.1. The molecule has 1 saturated heterocycles. The molecule has 2 aromatic carbocycles. The third-order valence-electron chi connectivity index (χ3n) is 3.98. The molecule has 1 fully saturated rings. The number of benzene rings is 2. The van der Waals surface area contributed by atoms with Crippen LogP contribution in [0.2, 0.25) is 0 Å². The molecule has 0 saturated carbocycles. The zero-order valence-corrected chi connectivity index (χ0v) is 9.92. The summed E-state index contributed by atoms with van der Waals surface area (Å²) in [5.41, 5.74) is 1.63. The van der Waals surface area contributed by atoms with Gasteiger partial charge in [0.05, 0.1) is 0 Å². The van der Waals surface area contributed by atoms with Crippen molar-refractivity contribution in [2.45, 2.75) is 11.2 Å². The monoisotopic (exact) mass is 244 g/mol. The fourth-order valence-corrected chi connectivity index (χ4v) is 3.12. The van der Waals surface area contributed by atoms with Gasteiger partial charge in [0.15, 0.2) is 5.60 Å². The van der Waals surface area contributed by atoms with Crippen LogP contribution in [-0.2, 0) is 10.3 Å². The van der Waals surface area contributed by atoms with Gasteiger partial charge < -0.3 is 4.74 Å². The van der Waals surface area contributed by atoms with Gasteiger partial charge >= 0.3 is 0 Å². The Hall–Kier alpha value is -2.62. The van der Waals surface area contributed by atoms with Gasteiger partial charge in [0.1, 0.15) is 12.1 Å². The summed E-state index contributed by atoms with van der Waals surface area (Å²) in [5, 5.41) is 18.7. The highest BCUT2D eigenvalue weighted by molar-refractivity contribution is 5.84. The van der Waals surface area contributed by atoms with Crippen LogP contribution in [-0.4, -0.2) is 5.60 Å². The average Bonchev–Trinajstić information content (AvgIpc) is 3.09. The molecule has 2 aromatic rings. The predicted octanol–water partition coefficient (Wildman–Crippen LogP) is 2.73. The number of hydrogen-bond donors (Lipinski definition) is 0. The van der Waals surface area contributed by atoms with Crippen molar-refractivity contribution in [3.63, 3.8) is 0 Å². The van der Waals surface area contributed by atoms with Crippen molar-refractivity contribution in [2.24, 2.45) is 0 Å². The van der Waals surface area contributed by atoms with Gasteiger partial charge in [0, 0.05) is 11.1 Å². The van der Waals surface area contributed by atoms with Gasteiger partial charge in [-0.15, -0.1) is 0 Å². The maximum atomic E-state index is 9.34. The number of nitriles is 2. The first-order valence-electron chi connectivity index (χ1n) is 6.01. The molecule has 1 spiro atoms. The minimum Gasteiger partial charge on any atom is -0.323 e. The van der Waals surface area contributed by atoms with Crippen LogP contribution in [0.4, 0.5) is 0 Å². The van der Waals surface area contributed by atoms with Crippen molar-refractivity contribution in [1.29, 1.82) is 10.5 Å². The molecule has 1 aliphatic heterocycles. The second-order valence-corrected chi connectivity index (χ2v) is 4.78. The molecule has 1 heterocycles. The van der Waals surface area contributed by atoms with E-state index >= 15 is 0 Å². The standard InChI is InChI=1S/C16H8N2O/c17-9-15(10-18)16(19-15)13-7-3-1-5-11(13)12-6-2-4-8-14(12)16/h1-8H. The van der Waals surface area contributed by atoms with Gasteiger partial charge in [-0.25, -0.2) is 0 Å². The highest BCUT2D eigenvalue weighted by Gasteiger charge is 2.77. The van der Waals surface area contributed by atoms with E-state index in [4.69, 9.17) is 4.74 Å². The van der Waals surface area contributed by atoms with Crippen LogP contribution in [0, 0.1) is 22.7 Å². The summed E-state index contributed by atoms with van der Waals surface area (Å²) in [6.45, 7) is 0. The summed E-state index contributed by atoms with van der Waals surface area (Å²) < 4.78 is 5.68. The third kappa shape index (κ3) is 0.931. The van der Waals surface area contributed by atoms with Crippen molar-refractivity contribution in [3.05, 3.63) is 59.7 Å². The molecular formula is C16H8N2O. The summed E-state index contributed by atoms with van der Waals surface area (Å²) in [5.74, 6) is 0. The van der Waals surface area contributed by atoms with Crippen LogP contribution in [0.15, 0.2) is 48.5 Å². The first-order valence-corrected chi connectivity index (χ1v) is 6.01. The van der Waals surface area contributed by atoms with E-state index in [2.05, 4.69) is 0 Å². The van der Waals surface area contributed by atoms with E-state index in [1.165, 1.54) is 0 Å². The quantitative estimate of drug-likeness (QED) is 0.669. The van der Waals surface area contributed by atoms with Crippen molar-refractivity contribution in [1.82, 2.24) is 0 Å². The second-order valence-electron chi connectivity index (χ2n) is 4.78. The first kappa shape index (κ1) is 10.3. The molecule has 0 atom stereocenters. The number of epoxide rings is 1. The Kier molecular flexibility index (Phi) is 1.65. The minimum absolute atomic E-state index is 0.899. The minimum atomic E-state index is -1.39. The molecular weight excluding hydrogens is 236 g/mol. The van der Waals surface area contributed by atoms with E-state index in [0.717, 1.165) is 22.3 Å². The Morgan fingerprint density at radius 3 is 1.68 bits per heavy atom. The fourth-order valence-electron chi connectivity index (χ4n) is 3.12. The van der Waals surface area contributed by atoms with Gasteiger partial charge in [-0.1, -0.05) is 48.5 Å². The van der Waals surface area contributed by atoms with E-state index in [0.29, 0.717) is 0 Å². The van der Waals surface area contributed by atoms with Crippen LogP contribution in [0.25, 0.3) is 11.1 Å². The van der Waals surface area contributed by atoms with Gasteiger partial charge in [0.2, 0.25) is 0 Å². The van der Waals surface area contributed by atoms with E-state index in [1.807, 2.05) is 60.7 Å². The van der Waals surface area contributed by atoms with E-state index < -0.39 is 11.2 Å². The summed E-state index contributed by atoms with van der Waals surface area (Å²) in [4.78, 5) is 0. The number of nitrogens with zero attached hydrogens (tertiary/aromatic N) is 2. The molecule has 3 nitrogen and oxygen atoms in total. The Bertz CT molecular complexity index is 735. The lowest BCUT2D eigenvalue weighted by atomic mass is 9.86. The first-order chi connectivity index (χ1) is 9.29. The molecule has 0 radical (unpaired) electrons. The highest BCUT2D eigenvalue weighted by atomic mass is 16.6. The van der Waals surface area contributed by atoms with E-state index in [1.54, 1.807) is 0 Å². The third-order valence-corrected chi connectivity index (χ3v) is 3.98. The lowest BCUT2D eigenvalue weighted by Crippen LogP contribution is -2.20. The Morgan fingerprint density at radius 2 is 1.26 bits per heavy atom. The molecule has 3 heteroatoms. The molecule has 0 aromatic heterocycles. The molecule has 88 valence electrons. The van der Waals surface area contributed by atoms with Gasteiger partial charge in [0.25, 0.3) is 5.60 Å². The number of fused-ring (bicyclic) bond motifs is 5. The Morgan fingerprint density at radius 1 is 0.789 bits per heavy atom. The number of rotatable bonds is 0. The largest absolute Gasteiger partial charge is 0.323 e. The maximum absolute atomic E-state index is 9.34. The van der Waals surface area contributed by atoms with Crippen LogP contribution >= 0.6 is 0 Å². The van der Waals surface area contributed by atoms with Crippen LogP contribution in [0.3, 0.4) is 0 Å². The smallest absolute Gasteiger partial charge is 0.280 e. The van der Waals surface area contributed by atoms with Gasteiger partial charge in [-0.3, -0.25) is 0 Å². The molecule has 19 heavy (non-hydrogen) atoms.